The minimum atomic E-state index is -0.893. The summed E-state index contributed by atoms with van der Waals surface area (Å²) in [4.78, 5) is 24.0. The predicted molar refractivity (Wildman–Crippen MR) is 94.1 cm³/mol. The van der Waals surface area contributed by atoms with Gasteiger partial charge in [-0.25, -0.2) is 13.6 Å². The molecule has 0 bridgehead atoms. The van der Waals surface area contributed by atoms with E-state index in [1.807, 2.05) is 36.4 Å². The highest BCUT2D eigenvalue weighted by molar-refractivity contribution is 5.85. The Hall–Kier alpha value is -3.02. The SMILES string of the molecule is COC(=O)[C@@H](C/C=C/c1ccccc1)NC(=O)Cc1ccc(F)cc1F. The average molecular weight is 359 g/mol. The summed E-state index contributed by atoms with van der Waals surface area (Å²) in [5.41, 5.74) is 1.00. The number of benzene rings is 2. The minimum absolute atomic E-state index is 0.0485. The normalized spacial score (nSPS) is 12.0. The molecule has 0 aliphatic rings. The maximum atomic E-state index is 13.6. The zero-order chi connectivity index (χ0) is 18.9. The van der Waals surface area contributed by atoms with E-state index in [0.29, 0.717) is 6.07 Å². The quantitative estimate of drug-likeness (QED) is 0.772. The third-order valence-electron chi connectivity index (χ3n) is 3.67. The highest BCUT2D eigenvalue weighted by Gasteiger charge is 2.21. The Morgan fingerprint density at radius 2 is 1.88 bits per heavy atom. The smallest absolute Gasteiger partial charge is 0.328 e. The van der Waals surface area contributed by atoms with Crippen molar-refractivity contribution in [2.75, 3.05) is 7.11 Å². The molecule has 0 saturated carbocycles. The third-order valence-corrected chi connectivity index (χ3v) is 3.67. The van der Waals surface area contributed by atoms with Gasteiger partial charge in [-0.2, -0.15) is 0 Å². The molecule has 4 nitrogen and oxygen atoms in total. The van der Waals surface area contributed by atoms with E-state index in [4.69, 9.17) is 4.74 Å². The number of carbonyl (C=O) groups is 2. The second-order valence-electron chi connectivity index (χ2n) is 5.60. The molecule has 0 saturated heterocycles. The van der Waals surface area contributed by atoms with Gasteiger partial charge >= 0.3 is 5.97 Å². The Labute approximate surface area is 150 Å². The summed E-state index contributed by atoms with van der Waals surface area (Å²) in [7, 11) is 1.22. The van der Waals surface area contributed by atoms with Gasteiger partial charge in [-0.1, -0.05) is 48.6 Å². The van der Waals surface area contributed by atoms with E-state index in [1.54, 1.807) is 6.08 Å². The molecule has 0 aromatic heterocycles. The van der Waals surface area contributed by atoms with E-state index in [9.17, 15) is 18.4 Å². The first-order valence-electron chi connectivity index (χ1n) is 8.02. The predicted octanol–water partition coefficient (Wildman–Crippen LogP) is 3.27. The van der Waals surface area contributed by atoms with Gasteiger partial charge in [0.2, 0.25) is 5.91 Å². The number of hydrogen-bond acceptors (Lipinski definition) is 3. The molecule has 136 valence electrons. The van der Waals surface area contributed by atoms with Crippen molar-refractivity contribution in [1.82, 2.24) is 5.32 Å². The summed E-state index contributed by atoms with van der Waals surface area (Å²) >= 11 is 0. The van der Waals surface area contributed by atoms with Gasteiger partial charge in [0.05, 0.1) is 13.5 Å². The fraction of sp³-hybridized carbons (Fsp3) is 0.200. The molecule has 0 radical (unpaired) electrons. The monoisotopic (exact) mass is 359 g/mol. The van der Waals surface area contributed by atoms with Gasteiger partial charge in [0, 0.05) is 6.07 Å². The number of ether oxygens (including phenoxy) is 1. The van der Waals surface area contributed by atoms with Crippen LogP contribution in [0, 0.1) is 11.6 Å². The Kier molecular flexibility index (Phi) is 7.02. The fourth-order valence-corrected chi connectivity index (χ4v) is 2.34. The first-order valence-corrected chi connectivity index (χ1v) is 8.02. The van der Waals surface area contributed by atoms with Crippen molar-refractivity contribution in [2.24, 2.45) is 0 Å². The van der Waals surface area contributed by atoms with E-state index in [2.05, 4.69) is 5.32 Å². The van der Waals surface area contributed by atoms with Gasteiger partial charge in [0.15, 0.2) is 0 Å². The van der Waals surface area contributed by atoms with Crippen LogP contribution in [0.15, 0.2) is 54.6 Å². The number of amides is 1. The van der Waals surface area contributed by atoms with Crippen molar-refractivity contribution in [3.05, 3.63) is 77.4 Å². The molecule has 2 rings (SSSR count). The van der Waals surface area contributed by atoms with Crippen molar-refractivity contribution in [3.8, 4) is 0 Å². The van der Waals surface area contributed by atoms with Crippen LogP contribution >= 0.6 is 0 Å². The topological polar surface area (TPSA) is 55.4 Å². The first kappa shape index (κ1) is 19.3. The fourth-order valence-electron chi connectivity index (χ4n) is 2.34. The second kappa shape index (κ2) is 9.46. The molecule has 1 N–H and O–H groups in total. The van der Waals surface area contributed by atoms with Crippen molar-refractivity contribution < 1.29 is 23.1 Å². The molecule has 26 heavy (non-hydrogen) atoms. The maximum absolute atomic E-state index is 13.6. The molecule has 0 heterocycles. The zero-order valence-corrected chi connectivity index (χ0v) is 14.2. The number of methoxy groups -OCH3 is 1. The molecule has 2 aromatic carbocycles. The Bertz CT molecular complexity index is 791. The summed E-state index contributed by atoms with van der Waals surface area (Å²) in [6, 6.07) is 11.6. The molecular formula is C20H19F2NO3. The number of rotatable bonds is 7. The van der Waals surface area contributed by atoms with Crippen LogP contribution < -0.4 is 5.32 Å². The van der Waals surface area contributed by atoms with Gasteiger partial charge in [-0.15, -0.1) is 0 Å². The van der Waals surface area contributed by atoms with Crippen molar-refractivity contribution in [2.45, 2.75) is 18.9 Å². The molecule has 0 aliphatic heterocycles. The van der Waals surface area contributed by atoms with Crippen LogP contribution in [0.2, 0.25) is 0 Å². The average Bonchev–Trinajstić information content (AvgIpc) is 2.63. The number of halogens is 2. The standard InChI is InChI=1S/C20H19F2NO3/c1-26-20(25)18(9-5-8-14-6-3-2-4-7-14)23-19(24)12-15-10-11-16(21)13-17(15)22/h2-8,10-11,13,18H,9,12H2,1H3,(H,23,24)/b8-5+/t18-/m1/s1. The third kappa shape index (κ3) is 5.81. The van der Waals surface area contributed by atoms with Crippen molar-refractivity contribution in [3.63, 3.8) is 0 Å². The van der Waals surface area contributed by atoms with E-state index >= 15 is 0 Å². The highest BCUT2D eigenvalue weighted by atomic mass is 19.1. The van der Waals surface area contributed by atoms with Crippen molar-refractivity contribution in [1.29, 1.82) is 0 Å². The van der Waals surface area contributed by atoms with Crippen LogP contribution in [0.25, 0.3) is 6.08 Å². The lowest BCUT2D eigenvalue weighted by atomic mass is 10.1. The lowest BCUT2D eigenvalue weighted by molar-refractivity contribution is -0.144. The van der Waals surface area contributed by atoms with Crippen LogP contribution in [0.5, 0.6) is 0 Å². The molecule has 0 unspecified atom stereocenters. The Morgan fingerprint density at radius 1 is 1.15 bits per heavy atom. The van der Waals surface area contributed by atoms with E-state index in [1.165, 1.54) is 13.2 Å². The molecule has 6 heteroatoms. The summed E-state index contributed by atoms with van der Waals surface area (Å²) in [6.07, 6.45) is 3.48. The molecule has 0 fully saturated rings. The van der Waals surface area contributed by atoms with Crippen LogP contribution in [0.4, 0.5) is 8.78 Å². The first-order chi connectivity index (χ1) is 12.5. The second-order valence-corrected chi connectivity index (χ2v) is 5.60. The number of nitrogens with one attached hydrogen (secondary N) is 1. The van der Waals surface area contributed by atoms with Crippen LogP contribution in [-0.2, 0) is 20.7 Å². The molecular weight excluding hydrogens is 340 g/mol. The van der Waals surface area contributed by atoms with E-state index in [-0.39, 0.29) is 18.4 Å². The summed E-state index contributed by atoms with van der Waals surface area (Å²) in [5, 5.41) is 2.52. The van der Waals surface area contributed by atoms with Crippen LogP contribution in [0.3, 0.4) is 0 Å². The molecule has 1 atom stereocenters. The molecule has 0 spiro atoms. The van der Waals surface area contributed by atoms with Gasteiger partial charge in [0.1, 0.15) is 17.7 Å². The van der Waals surface area contributed by atoms with Gasteiger partial charge in [-0.05, 0) is 23.6 Å². The highest BCUT2D eigenvalue weighted by Crippen LogP contribution is 2.11. The zero-order valence-electron chi connectivity index (χ0n) is 14.2. The van der Waals surface area contributed by atoms with Crippen LogP contribution in [-0.4, -0.2) is 25.0 Å². The van der Waals surface area contributed by atoms with Crippen LogP contribution in [0.1, 0.15) is 17.5 Å². The minimum Gasteiger partial charge on any atom is -0.467 e. The van der Waals surface area contributed by atoms with Gasteiger partial charge in [-0.3, -0.25) is 4.79 Å². The number of esters is 1. The Morgan fingerprint density at radius 3 is 2.54 bits per heavy atom. The van der Waals surface area contributed by atoms with E-state index in [0.717, 1.165) is 11.6 Å². The number of hydrogen-bond donors (Lipinski definition) is 1. The summed E-state index contributed by atoms with van der Waals surface area (Å²) < 4.78 is 31.3. The van der Waals surface area contributed by atoms with Gasteiger partial charge in [0.25, 0.3) is 0 Å². The maximum Gasteiger partial charge on any atom is 0.328 e. The lowest BCUT2D eigenvalue weighted by Crippen LogP contribution is -2.42. The number of carbonyl (C=O) groups excluding carboxylic acids is 2. The lowest BCUT2D eigenvalue weighted by Gasteiger charge is -2.15. The molecule has 0 aliphatic carbocycles. The van der Waals surface area contributed by atoms with Gasteiger partial charge < -0.3 is 10.1 Å². The molecule has 1 amide bonds. The Balaban J connectivity index is 1.99. The van der Waals surface area contributed by atoms with Crippen molar-refractivity contribution >= 4 is 18.0 Å². The summed E-state index contributed by atoms with van der Waals surface area (Å²) in [6.45, 7) is 0. The largest absolute Gasteiger partial charge is 0.467 e. The van der Waals surface area contributed by atoms with E-state index < -0.39 is 29.6 Å². The summed E-state index contributed by atoms with van der Waals surface area (Å²) in [5.74, 6) is -2.68. The molecule has 2 aromatic rings.